The number of Topliss-reactive ketones (excluding diaryl/α,β-unsaturated/α-hetero) is 2. The average molecular weight is 224 g/mol. The Bertz CT molecular complexity index is 278. The molecule has 1 fully saturated rings. The van der Waals surface area contributed by atoms with Gasteiger partial charge < -0.3 is 4.79 Å². The van der Waals surface area contributed by atoms with Crippen molar-refractivity contribution in [1.29, 1.82) is 0 Å². The van der Waals surface area contributed by atoms with Crippen LogP contribution >= 0.6 is 0 Å². The molecule has 2 heteroatoms. The van der Waals surface area contributed by atoms with Crippen LogP contribution in [0, 0.1) is 17.3 Å². The van der Waals surface area contributed by atoms with Gasteiger partial charge in [0.15, 0.2) is 0 Å². The summed E-state index contributed by atoms with van der Waals surface area (Å²) in [4.78, 5) is 23.4. The molecule has 2 unspecified atom stereocenters. The maximum atomic E-state index is 12.4. The second kappa shape index (κ2) is 5.11. The summed E-state index contributed by atoms with van der Waals surface area (Å²) < 4.78 is 0. The Morgan fingerprint density at radius 1 is 1.44 bits per heavy atom. The molecule has 0 aromatic heterocycles. The lowest BCUT2D eigenvalue weighted by Crippen LogP contribution is -2.32. The van der Waals surface area contributed by atoms with Gasteiger partial charge in [0, 0.05) is 17.8 Å². The van der Waals surface area contributed by atoms with Crippen molar-refractivity contribution in [3.8, 4) is 0 Å². The van der Waals surface area contributed by atoms with E-state index in [0.717, 1.165) is 25.7 Å². The highest BCUT2D eigenvalue weighted by atomic mass is 16.1. The third-order valence-corrected chi connectivity index (χ3v) is 3.96. The van der Waals surface area contributed by atoms with Gasteiger partial charge in [0.05, 0.1) is 0 Å². The van der Waals surface area contributed by atoms with Crippen molar-refractivity contribution in [2.24, 2.45) is 17.3 Å². The lowest BCUT2D eigenvalue weighted by Gasteiger charge is -2.27. The zero-order chi connectivity index (χ0) is 12.3. The lowest BCUT2D eigenvalue weighted by atomic mass is 9.76. The first kappa shape index (κ1) is 13.4. The fourth-order valence-electron chi connectivity index (χ4n) is 2.73. The third-order valence-electron chi connectivity index (χ3n) is 3.96. The summed E-state index contributed by atoms with van der Waals surface area (Å²) in [7, 11) is 0. The van der Waals surface area contributed by atoms with Crippen LogP contribution in [0.5, 0.6) is 0 Å². The fourth-order valence-corrected chi connectivity index (χ4v) is 2.73. The molecule has 0 aliphatic heterocycles. The molecule has 0 aromatic rings. The van der Waals surface area contributed by atoms with E-state index in [-0.39, 0.29) is 17.1 Å². The maximum absolute atomic E-state index is 12.4. The minimum absolute atomic E-state index is 0.0985. The molecule has 0 N–H and O–H groups in total. The molecule has 0 bridgehead atoms. The van der Waals surface area contributed by atoms with Crippen LogP contribution in [0.3, 0.4) is 0 Å². The van der Waals surface area contributed by atoms with Crippen LogP contribution in [0.4, 0.5) is 0 Å². The standard InChI is InChI=1S/C14H24O2/c1-10-6-5-9-14(3,4)13(16)12(10)8-7-11(2)15/h10,12H,5-9H2,1-4H3. The van der Waals surface area contributed by atoms with Crippen molar-refractivity contribution in [2.75, 3.05) is 0 Å². The molecule has 0 heterocycles. The van der Waals surface area contributed by atoms with E-state index >= 15 is 0 Å². The number of rotatable bonds is 3. The van der Waals surface area contributed by atoms with Crippen LogP contribution in [-0.4, -0.2) is 11.6 Å². The van der Waals surface area contributed by atoms with E-state index in [4.69, 9.17) is 0 Å². The molecule has 92 valence electrons. The van der Waals surface area contributed by atoms with Crippen LogP contribution in [-0.2, 0) is 9.59 Å². The van der Waals surface area contributed by atoms with E-state index in [1.165, 1.54) is 0 Å². The van der Waals surface area contributed by atoms with E-state index < -0.39 is 0 Å². The van der Waals surface area contributed by atoms with Gasteiger partial charge in [-0.25, -0.2) is 0 Å². The van der Waals surface area contributed by atoms with Gasteiger partial charge >= 0.3 is 0 Å². The topological polar surface area (TPSA) is 34.1 Å². The molecule has 1 aliphatic carbocycles. The maximum Gasteiger partial charge on any atom is 0.141 e. The molecule has 0 aromatic carbocycles. The van der Waals surface area contributed by atoms with Crippen LogP contribution in [0.25, 0.3) is 0 Å². The van der Waals surface area contributed by atoms with Crippen molar-refractivity contribution >= 4 is 11.6 Å². The highest BCUT2D eigenvalue weighted by molar-refractivity contribution is 5.87. The Hall–Kier alpha value is -0.660. The van der Waals surface area contributed by atoms with Crippen molar-refractivity contribution in [3.05, 3.63) is 0 Å². The van der Waals surface area contributed by atoms with Gasteiger partial charge in [0.1, 0.15) is 11.6 Å². The monoisotopic (exact) mass is 224 g/mol. The predicted molar refractivity (Wildman–Crippen MR) is 65.2 cm³/mol. The first-order valence-corrected chi connectivity index (χ1v) is 6.38. The number of hydrogen-bond donors (Lipinski definition) is 0. The number of carbonyl (C=O) groups excluding carboxylic acids is 2. The van der Waals surface area contributed by atoms with E-state index in [0.29, 0.717) is 18.1 Å². The predicted octanol–water partition coefficient (Wildman–Crippen LogP) is 3.39. The molecule has 0 radical (unpaired) electrons. The van der Waals surface area contributed by atoms with E-state index in [2.05, 4.69) is 6.92 Å². The summed E-state index contributed by atoms with van der Waals surface area (Å²) in [5.74, 6) is 1.11. The van der Waals surface area contributed by atoms with Crippen LogP contribution < -0.4 is 0 Å². The van der Waals surface area contributed by atoms with Crippen molar-refractivity contribution < 1.29 is 9.59 Å². The molecule has 2 nitrogen and oxygen atoms in total. The van der Waals surface area contributed by atoms with Gasteiger partial charge in [-0.2, -0.15) is 0 Å². The third kappa shape index (κ3) is 3.16. The zero-order valence-corrected chi connectivity index (χ0v) is 11.0. The second-order valence-corrected chi connectivity index (χ2v) is 5.96. The van der Waals surface area contributed by atoms with Crippen LogP contribution in [0.2, 0.25) is 0 Å². The van der Waals surface area contributed by atoms with E-state index in [1.807, 2.05) is 13.8 Å². The van der Waals surface area contributed by atoms with Crippen LogP contribution in [0.15, 0.2) is 0 Å². The molecule has 0 amide bonds. The molecule has 0 saturated heterocycles. The Kier molecular flexibility index (Phi) is 4.28. The molecule has 2 atom stereocenters. The molecule has 1 saturated carbocycles. The molecule has 1 rings (SSSR count). The molecular weight excluding hydrogens is 200 g/mol. The minimum atomic E-state index is -0.188. The first-order chi connectivity index (χ1) is 7.34. The first-order valence-electron chi connectivity index (χ1n) is 6.38. The Labute approximate surface area is 98.8 Å². The van der Waals surface area contributed by atoms with Gasteiger partial charge in [0.2, 0.25) is 0 Å². The normalized spacial score (nSPS) is 29.9. The zero-order valence-electron chi connectivity index (χ0n) is 11.0. The van der Waals surface area contributed by atoms with Gasteiger partial charge in [-0.05, 0) is 32.1 Å². The van der Waals surface area contributed by atoms with Crippen molar-refractivity contribution in [2.45, 2.75) is 59.8 Å². The summed E-state index contributed by atoms with van der Waals surface area (Å²) in [5.41, 5.74) is -0.188. The van der Waals surface area contributed by atoms with E-state index in [1.54, 1.807) is 6.92 Å². The quantitative estimate of drug-likeness (QED) is 0.689. The summed E-state index contributed by atoms with van der Waals surface area (Å²) in [5, 5.41) is 0. The molecular formula is C14H24O2. The summed E-state index contributed by atoms with van der Waals surface area (Å²) in [6.07, 6.45) is 4.55. The lowest BCUT2D eigenvalue weighted by molar-refractivity contribution is -0.132. The average Bonchev–Trinajstić information content (AvgIpc) is 2.24. The van der Waals surface area contributed by atoms with Gasteiger partial charge in [-0.1, -0.05) is 27.2 Å². The number of carbonyl (C=O) groups is 2. The Balaban J connectivity index is 2.75. The van der Waals surface area contributed by atoms with Gasteiger partial charge in [0.25, 0.3) is 0 Å². The summed E-state index contributed by atoms with van der Waals surface area (Å²) >= 11 is 0. The highest BCUT2D eigenvalue weighted by Gasteiger charge is 2.38. The largest absolute Gasteiger partial charge is 0.300 e. The van der Waals surface area contributed by atoms with Crippen molar-refractivity contribution in [1.82, 2.24) is 0 Å². The van der Waals surface area contributed by atoms with E-state index in [9.17, 15) is 9.59 Å². The summed E-state index contributed by atoms with van der Waals surface area (Å²) in [6.45, 7) is 7.86. The van der Waals surface area contributed by atoms with Crippen molar-refractivity contribution in [3.63, 3.8) is 0 Å². The van der Waals surface area contributed by atoms with Crippen LogP contribution in [0.1, 0.15) is 59.8 Å². The molecule has 16 heavy (non-hydrogen) atoms. The highest BCUT2D eigenvalue weighted by Crippen LogP contribution is 2.38. The van der Waals surface area contributed by atoms with Gasteiger partial charge in [-0.15, -0.1) is 0 Å². The smallest absolute Gasteiger partial charge is 0.141 e. The minimum Gasteiger partial charge on any atom is -0.300 e. The molecule has 1 aliphatic rings. The van der Waals surface area contributed by atoms with Gasteiger partial charge in [-0.3, -0.25) is 4.79 Å². The number of hydrogen-bond acceptors (Lipinski definition) is 2. The fraction of sp³-hybridized carbons (Fsp3) is 0.857. The molecule has 0 spiro atoms. The Morgan fingerprint density at radius 3 is 2.62 bits per heavy atom. The Morgan fingerprint density at radius 2 is 2.06 bits per heavy atom. The summed E-state index contributed by atoms with van der Waals surface area (Å²) in [6, 6.07) is 0. The SMILES string of the molecule is CC(=O)CCC1C(=O)C(C)(C)CCCC1C. The number of ketones is 2. The second-order valence-electron chi connectivity index (χ2n) is 5.96.